The Kier molecular flexibility index (Phi) is 2.59. The van der Waals surface area contributed by atoms with Gasteiger partial charge in [0.2, 0.25) is 0 Å². The zero-order chi connectivity index (χ0) is 10.1. The molecule has 0 aromatic carbocycles. The van der Waals surface area contributed by atoms with Crippen LogP contribution >= 0.6 is 0 Å². The van der Waals surface area contributed by atoms with Crippen LogP contribution in [0.15, 0.2) is 12.3 Å². The number of nitrogens with two attached hydrogens (primary N) is 1. The van der Waals surface area contributed by atoms with Gasteiger partial charge in [-0.2, -0.15) is 5.10 Å². The molecule has 14 heavy (non-hydrogen) atoms. The smallest absolute Gasteiger partial charge is 0.0551 e. The van der Waals surface area contributed by atoms with Crippen LogP contribution in [0.1, 0.15) is 37.9 Å². The maximum atomic E-state index is 6.28. The molecular weight excluding hydrogens is 174 g/mol. The van der Waals surface area contributed by atoms with Crippen molar-refractivity contribution in [1.29, 1.82) is 0 Å². The predicted molar refractivity (Wildman–Crippen MR) is 56.6 cm³/mol. The van der Waals surface area contributed by atoms with Gasteiger partial charge in [0.15, 0.2) is 0 Å². The molecule has 1 aromatic rings. The number of nitrogens with zero attached hydrogens (tertiary/aromatic N) is 2. The van der Waals surface area contributed by atoms with Gasteiger partial charge in [-0.1, -0.05) is 19.8 Å². The molecule has 0 bridgehead atoms. The predicted octanol–water partition coefficient (Wildman–Crippen LogP) is 1.86. The molecule has 0 saturated heterocycles. The van der Waals surface area contributed by atoms with Crippen LogP contribution in [0.3, 0.4) is 0 Å². The largest absolute Gasteiger partial charge is 0.322 e. The van der Waals surface area contributed by atoms with Crippen LogP contribution in [0.25, 0.3) is 0 Å². The Balaban J connectivity index is 2.15. The Morgan fingerprint density at radius 2 is 2.36 bits per heavy atom. The van der Waals surface area contributed by atoms with Gasteiger partial charge in [0.25, 0.3) is 0 Å². The minimum absolute atomic E-state index is 0.167. The summed E-state index contributed by atoms with van der Waals surface area (Å²) >= 11 is 0. The normalized spacial score (nSPS) is 29.4. The first-order chi connectivity index (χ1) is 6.70. The fourth-order valence-corrected chi connectivity index (χ4v) is 2.64. The summed E-state index contributed by atoms with van der Waals surface area (Å²) in [6.07, 6.45) is 5.76. The lowest BCUT2D eigenvalue weighted by Crippen LogP contribution is -2.25. The van der Waals surface area contributed by atoms with Gasteiger partial charge < -0.3 is 5.73 Å². The van der Waals surface area contributed by atoms with E-state index in [1.807, 2.05) is 24.0 Å². The molecule has 1 aromatic heterocycles. The summed E-state index contributed by atoms with van der Waals surface area (Å²) in [4.78, 5) is 0. The molecule has 0 spiro atoms. The third-order valence-electron chi connectivity index (χ3n) is 3.59. The van der Waals surface area contributed by atoms with Crippen molar-refractivity contribution in [2.45, 2.75) is 32.2 Å². The molecule has 3 atom stereocenters. The Morgan fingerprint density at radius 3 is 2.86 bits per heavy atom. The Hall–Kier alpha value is -0.830. The van der Waals surface area contributed by atoms with Crippen molar-refractivity contribution in [3.05, 3.63) is 18.0 Å². The summed E-state index contributed by atoms with van der Waals surface area (Å²) in [5.41, 5.74) is 7.45. The van der Waals surface area contributed by atoms with Crippen molar-refractivity contribution in [1.82, 2.24) is 9.78 Å². The van der Waals surface area contributed by atoms with Crippen molar-refractivity contribution in [3.8, 4) is 0 Å². The molecule has 3 unspecified atom stereocenters. The molecule has 1 fully saturated rings. The summed E-state index contributed by atoms with van der Waals surface area (Å²) < 4.78 is 1.90. The van der Waals surface area contributed by atoms with Gasteiger partial charge in [0.05, 0.1) is 5.69 Å². The van der Waals surface area contributed by atoms with Gasteiger partial charge in [0, 0.05) is 19.3 Å². The minimum Gasteiger partial charge on any atom is -0.322 e. The minimum atomic E-state index is 0.167. The molecule has 1 heterocycles. The number of hydrogen-bond donors (Lipinski definition) is 1. The maximum absolute atomic E-state index is 6.28. The lowest BCUT2D eigenvalue weighted by molar-refractivity contribution is 0.339. The second-order valence-electron chi connectivity index (χ2n) is 4.48. The average Bonchev–Trinajstić information content (AvgIpc) is 2.73. The van der Waals surface area contributed by atoms with E-state index < -0.39 is 0 Å². The van der Waals surface area contributed by atoms with Crippen molar-refractivity contribution < 1.29 is 0 Å². The standard InChI is InChI=1S/C11H19N3/c1-8-4-3-5-9(8)11(12)10-6-7-13-14(10)2/h6-9,11H,3-5,12H2,1-2H3. The number of rotatable bonds is 2. The van der Waals surface area contributed by atoms with Gasteiger partial charge >= 0.3 is 0 Å². The lowest BCUT2D eigenvalue weighted by Gasteiger charge is -2.23. The first-order valence-electron chi connectivity index (χ1n) is 5.43. The van der Waals surface area contributed by atoms with Crippen molar-refractivity contribution >= 4 is 0 Å². The first kappa shape index (κ1) is 9.71. The van der Waals surface area contributed by atoms with E-state index in [0.29, 0.717) is 5.92 Å². The van der Waals surface area contributed by atoms with E-state index in [2.05, 4.69) is 12.0 Å². The Morgan fingerprint density at radius 1 is 1.57 bits per heavy atom. The lowest BCUT2D eigenvalue weighted by atomic mass is 9.89. The van der Waals surface area contributed by atoms with Crippen LogP contribution in [0, 0.1) is 11.8 Å². The monoisotopic (exact) mass is 193 g/mol. The Bertz CT molecular complexity index is 305. The van der Waals surface area contributed by atoms with E-state index in [9.17, 15) is 0 Å². The summed E-state index contributed by atoms with van der Waals surface area (Å²) in [6.45, 7) is 2.31. The number of hydrogen-bond acceptors (Lipinski definition) is 2. The zero-order valence-electron chi connectivity index (χ0n) is 8.98. The van der Waals surface area contributed by atoms with E-state index >= 15 is 0 Å². The second kappa shape index (κ2) is 3.73. The third-order valence-corrected chi connectivity index (χ3v) is 3.59. The molecule has 1 saturated carbocycles. The average molecular weight is 193 g/mol. The first-order valence-corrected chi connectivity index (χ1v) is 5.43. The fourth-order valence-electron chi connectivity index (χ4n) is 2.64. The highest BCUT2D eigenvalue weighted by atomic mass is 15.3. The molecule has 1 aliphatic carbocycles. The Labute approximate surface area is 85.3 Å². The third kappa shape index (κ3) is 1.57. The summed E-state index contributed by atoms with van der Waals surface area (Å²) in [5.74, 6) is 1.41. The summed E-state index contributed by atoms with van der Waals surface area (Å²) in [7, 11) is 1.97. The molecule has 0 radical (unpaired) electrons. The highest BCUT2D eigenvalue weighted by Gasteiger charge is 2.30. The quantitative estimate of drug-likeness (QED) is 0.779. The summed E-state index contributed by atoms with van der Waals surface area (Å²) in [6, 6.07) is 2.20. The van der Waals surface area contributed by atoms with Crippen molar-refractivity contribution in [3.63, 3.8) is 0 Å². The highest BCUT2D eigenvalue weighted by molar-refractivity contribution is 5.08. The van der Waals surface area contributed by atoms with Crippen LogP contribution in [0.5, 0.6) is 0 Å². The van der Waals surface area contributed by atoms with Gasteiger partial charge in [-0.05, 0) is 24.3 Å². The van der Waals surface area contributed by atoms with Crippen LogP contribution in [0.4, 0.5) is 0 Å². The van der Waals surface area contributed by atoms with E-state index in [1.165, 1.54) is 25.0 Å². The van der Waals surface area contributed by atoms with Crippen molar-refractivity contribution in [2.75, 3.05) is 0 Å². The van der Waals surface area contributed by atoms with Crippen LogP contribution < -0.4 is 5.73 Å². The van der Waals surface area contributed by atoms with E-state index in [-0.39, 0.29) is 6.04 Å². The molecule has 2 N–H and O–H groups in total. The molecular formula is C11H19N3. The SMILES string of the molecule is CC1CCCC1C(N)c1ccnn1C. The van der Waals surface area contributed by atoms with E-state index in [0.717, 1.165) is 5.92 Å². The summed E-state index contributed by atoms with van der Waals surface area (Å²) in [5, 5.41) is 4.17. The maximum Gasteiger partial charge on any atom is 0.0551 e. The molecule has 3 heteroatoms. The van der Waals surface area contributed by atoms with E-state index in [4.69, 9.17) is 5.73 Å². The molecule has 1 aliphatic rings. The van der Waals surface area contributed by atoms with Gasteiger partial charge in [-0.25, -0.2) is 0 Å². The van der Waals surface area contributed by atoms with Crippen LogP contribution in [-0.2, 0) is 7.05 Å². The van der Waals surface area contributed by atoms with Gasteiger partial charge in [-0.15, -0.1) is 0 Å². The molecule has 78 valence electrons. The number of aryl methyl sites for hydroxylation is 1. The van der Waals surface area contributed by atoms with Crippen LogP contribution in [0.2, 0.25) is 0 Å². The van der Waals surface area contributed by atoms with Gasteiger partial charge in [-0.3, -0.25) is 4.68 Å². The molecule has 0 aliphatic heterocycles. The molecule has 3 nitrogen and oxygen atoms in total. The second-order valence-corrected chi connectivity index (χ2v) is 4.48. The topological polar surface area (TPSA) is 43.8 Å². The zero-order valence-corrected chi connectivity index (χ0v) is 8.98. The van der Waals surface area contributed by atoms with Gasteiger partial charge in [0.1, 0.15) is 0 Å². The number of aromatic nitrogens is 2. The van der Waals surface area contributed by atoms with E-state index in [1.54, 1.807) is 0 Å². The molecule has 2 rings (SSSR count). The molecule has 0 amide bonds. The van der Waals surface area contributed by atoms with Crippen LogP contribution in [-0.4, -0.2) is 9.78 Å². The van der Waals surface area contributed by atoms with Crippen molar-refractivity contribution in [2.24, 2.45) is 24.6 Å². The highest BCUT2D eigenvalue weighted by Crippen LogP contribution is 2.38. The fraction of sp³-hybridized carbons (Fsp3) is 0.727.